The number of thiocarbonyl (C=S) groups is 1. The Morgan fingerprint density at radius 3 is 2.70 bits per heavy atom. The lowest BCUT2D eigenvalue weighted by Gasteiger charge is -2.15. The molecule has 2 heterocycles. The molecule has 1 aromatic carbocycles. The van der Waals surface area contributed by atoms with Gasteiger partial charge in [-0.25, -0.2) is 0 Å². The van der Waals surface area contributed by atoms with Crippen LogP contribution in [0.2, 0.25) is 5.02 Å². The predicted molar refractivity (Wildman–Crippen MR) is 92.6 cm³/mol. The number of carbonyl (C=O) groups excluding carboxylic acids is 2. The van der Waals surface area contributed by atoms with Gasteiger partial charge in [-0.2, -0.15) is 5.01 Å². The largest absolute Gasteiger partial charge is 0.465 e. The molecule has 1 aliphatic heterocycles. The molecule has 2 aromatic rings. The van der Waals surface area contributed by atoms with Crippen molar-refractivity contribution in [3.05, 3.63) is 63.9 Å². The number of furan rings is 1. The van der Waals surface area contributed by atoms with E-state index in [9.17, 15) is 9.59 Å². The molecule has 5 nitrogen and oxygen atoms in total. The van der Waals surface area contributed by atoms with Crippen molar-refractivity contribution in [1.29, 1.82) is 0 Å². The van der Waals surface area contributed by atoms with Crippen molar-refractivity contribution in [3.8, 4) is 0 Å². The van der Waals surface area contributed by atoms with Crippen LogP contribution in [0.5, 0.6) is 0 Å². The van der Waals surface area contributed by atoms with E-state index in [4.69, 9.17) is 28.2 Å². The van der Waals surface area contributed by atoms with Gasteiger partial charge in [0, 0.05) is 16.7 Å². The fourth-order valence-electron chi connectivity index (χ4n) is 1.83. The first-order valence-corrected chi connectivity index (χ1v) is 8.03. The summed E-state index contributed by atoms with van der Waals surface area (Å²) in [6, 6.07) is 9.75. The molecule has 0 spiro atoms. The van der Waals surface area contributed by atoms with Gasteiger partial charge in [0.1, 0.15) is 5.76 Å². The fraction of sp³-hybridized carbons (Fsp3) is 0. The maximum Gasteiger partial charge on any atom is 0.285 e. The molecular weight excluding hydrogens is 356 g/mol. The molecule has 116 valence electrons. The maximum atomic E-state index is 12.3. The van der Waals surface area contributed by atoms with Gasteiger partial charge in [-0.3, -0.25) is 15.0 Å². The number of benzene rings is 1. The van der Waals surface area contributed by atoms with Crippen LogP contribution in [0, 0.1) is 0 Å². The number of nitrogens with zero attached hydrogens (tertiary/aromatic N) is 1. The highest BCUT2D eigenvalue weighted by molar-refractivity contribution is 8.26. The number of hydrazine groups is 1. The van der Waals surface area contributed by atoms with Crippen LogP contribution in [-0.2, 0) is 4.79 Å². The van der Waals surface area contributed by atoms with Crippen molar-refractivity contribution < 1.29 is 14.0 Å². The Bertz CT molecular complexity index is 801. The second-order valence-electron chi connectivity index (χ2n) is 4.48. The molecule has 2 amide bonds. The van der Waals surface area contributed by atoms with E-state index >= 15 is 0 Å². The summed E-state index contributed by atoms with van der Waals surface area (Å²) in [5.74, 6) is -0.314. The third kappa shape index (κ3) is 3.47. The molecular formula is C15H9ClN2O3S2. The van der Waals surface area contributed by atoms with E-state index in [1.54, 1.807) is 42.5 Å². The van der Waals surface area contributed by atoms with E-state index < -0.39 is 11.8 Å². The molecule has 0 unspecified atom stereocenters. The van der Waals surface area contributed by atoms with Gasteiger partial charge in [0.2, 0.25) is 0 Å². The molecule has 1 N–H and O–H groups in total. The molecule has 0 atom stereocenters. The first-order valence-electron chi connectivity index (χ1n) is 6.42. The van der Waals surface area contributed by atoms with Gasteiger partial charge < -0.3 is 4.42 Å². The maximum absolute atomic E-state index is 12.3. The summed E-state index contributed by atoms with van der Waals surface area (Å²) >= 11 is 12.0. The smallest absolute Gasteiger partial charge is 0.285 e. The van der Waals surface area contributed by atoms with E-state index in [2.05, 4.69) is 5.43 Å². The van der Waals surface area contributed by atoms with E-state index in [1.807, 2.05) is 0 Å². The van der Waals surface area contributed by atoms with Crippen LogP contribution in [0.3, 0.4) is 0 Å². The van der Waals surface area contributed by atoms with E-state index in [0.717, 1.165) is 16.8 Å². The Morgan fingerprint density at radius 1 is 1.30 bits per heavy atom. The Balaban J connectivity index is 1.75. The van der Waals surface area contributed by atoms with Gasteiger partial charge in [0.15, 0.2) is 4.32 Å². The topological polar surface area (TPSA) is 62.6 Å². The number of nitrogens with one attached hydrogen (secondary N) is 1. The Morgan fingerprint density at radius 2 is 2.04 bits per heavy atom. The highest BCUT2D eigenvalue weighted by atomic mass is 35.5. The summed E-state index contributed by atoms with van der Waals surface area (Å²) < 4.78 is 5.42. The van der Waals surface area contributed by atoms with Crippen LogP contribution < -0.4 is 5.43 Å². The zero-order valence-corrected chi connectivity index (χ0v) is 13.9. The zero-order valence-electron chi connectivity index (χ0n) is 11.5. The van der Waals surface area contributed by atoms with Crippen LogP contribution in [0.25, 0.3) is 6.08 Å². The number of amides is 2. The summed E-state index contributed by atoms with van der Waals surface area (Å²) in [6.45, 7) is 0. The van der Waals surface area contributed by atoms with E-state index in [-0.39, 0.29) is 4.32 Å². The summed E-state index contributed by atoms with van der Waals surface area (Å²) in [6.07, 6.45) is 3.09. The standard InChI is InChI=1S/C15H9ClN2O3S2/c16-10-5-3-9(4-6-10)13(19)17-18-14(20)12(23-15(18)22)8-11-2-1-7-21-11/h1-8H,(H,17,19)/b12-8-. The molecule has 0 bridgehead atoms. The SMILES string of the molecule is O=C(NN1C(=O)/C(=C/c2ccco2)SC1=S)c1ccc(Cl)cc1. The Kier molecular flexibility index (Phi) is 4.51. The van der Waals surface area contributed by atoms with Gasteiger partial charge >= 0.3 is 0 Å². The van der Waals surface area contributed by atoms with Crippen LogP contribution in [0.15, 0.2) is 52.0 Å². The fourth-order valence-corrected chi connectivity index (χ4v) is 3.12. The molecule has 1 aliphatic rings. The van der Waals surface area contributed by atoms with Gasteiger partial charge in [-0.1, -0.05) is 23.4 Å². The molecule has 23 heavy (non-hydrogen) atoms. The van der Waals surface area contributed by atoms with Crippen molar-refractivity contribution in [2.24, 2.45) is 0 Å². The third-order valence-electron chi connectivity index (χ3n) is 2.93. The number of hydrogen-bond donors (Lipinski definition) is 1. The van der Waals surface area contributed by atoms with Crippen LogP contribution in [0.1, 0.15) is 16.1 Å². The lowest BCUT2D eigenvalue weighted by molar-refractivity contribution is -0.123. The Hall–Kier alpha value is -2.09. The normalized spacial score (nSPS) is 16.2. The number of carbonyl (C=O) groups is 2. The number of halogens is 1. The number of thioether (sulfide) groups is 1. The minimum atomic E-state index is -0.447. The molecule has 8 heteroatoms. The number of rotatable bonds is 3. The van der Waals surface area contributed by atoms with E-state index in [0.29, 0.717) is 21.3 Å². The highest BCUT2D eigenvalue weighted by Gasteiger charge is 2.34. The van der Waals surface area contributed by atoms with Crippen LogP contribution >= 0.6 is 35.6 Å². The van der Waals surface area contributed by atoms with Crippen LogP contribution in [0.4, 0.5) is 0 Å². The summed E-state index contributed by atoms with van der Waals surface area (Å²) in [5, 5.41) is 1.57. The van der Waals surface area contributed by atoms with Crippen molar-refractivity contribution in [1.82, 2.24) is 10.4 Å². The van der Waals surface area contributed by atoms with Crippen molar-refractivity contribution in [3.63, 3.8) is 0 Å². The molecule has 0 radical (unpaired) electrons. The third-order valence-corrected chi connectivity index (χ3v) is 4.48. The molecule has 1 fully saturated rings. The van der Waals surface area contributed by atoms with Gasteiger partial charge in [0.25, 0.3) is 11.8 Å². The average Bonchev–Trinajstić information content (AvgIpc) is 3.12. The quantitative estimate of drug-likeness (QED) is 0.667. The average molecular weight is 365 g/mol. The monoisotopic (exact) mass is 364 g/mol. The van der Waals surface area contributed by atoms with Gasteiger partial charge in [-0.15, -0.1) is 0 Å². The highest BCUT2D eigenvalue weighted by Crippen LogP contribution is 2.31. The molecule has 3 rings (SSSR count). The molecule has 0 saturated carbocycles. The first-order chi connectivity index (χ1) is 11.0. The summed E-state index contributed by atoms with van der Waals surface area (Å²) in [5.41, 5.74) is 2.87. The number of hydrogen-bond acceptors (Lipinski definition) is 5. The lowest BCUT2D eigenvalue weighted by atomic mass is 10.2. The van der Waals surface area contributed by atoms with Crippen molar-refractivity contribution in [2.75, 3.05) is 0 Å². The predicted octanol–water partition coefficient (Wildman–Crippen LogP) is 3.48. The van der Waals surface area contributed by atoms with Crippen LogP contribution in [-0.4, -0.2) is 21.1 Å². The second-order valence-corrected chi connectivity index (χ2v) is 6.59. The van der Waals surface area contributed by atoms with Gasteiger partial charge in [0.05, 0.1) is 11.2 Å². The molecule has 0 aliphatic carbocycles. The lowest BCUT2D eigenvalue weighted by Crippen LogP contribution is -2.44. The summed E-state index contributed by atoms with van der Waals surface area (Å²) in [4.78, 5) is 24.9. The second kappa shape index (κ2) is 6.57. The minimum absolute atomic E-state index is 0.245. The first kappa shape index (κ1) is 15.8. The minimum Gasteiger partial charge on any atom is -0.465 e. The van der Waals surface area contributed by atoms with E-state index in [1.165, 1.54) is 6.26 Å². The Labute approximate surface area is 146 Å². The summed E-state index contributed by atoms with van der Waals surface area (Å²) in [7, 11) is 0. The van der Waals surface area contributed by atoms with Crippen molar-refractivity contribution >= 4 is 57.8 Å². The molecule has 1 aromatic heterocycles. The van der Waals surface area contributed by atoms with Gasteiger partial charge in [-0.05, 0) is 48.6 Å². The molecule has 1 saturated heterocycles. The van der Waals surface area contributed by atoms with Crippen molar-refractivity contribution in [2.45, 2.75) is 0 Å². The zero-order chi connectivity index (χ0) is 16.4.